The van der Waals surface area contributed by atoms with E-state index in [0.29, 0.717) is 32.1 Å². The fourth-order valence-electron chi connectivity index (χ4n) is 3.06. The summed E-state index contributed by atoms with van der Waals surface area (Å²) < 4.78 is 12.6. The van der Waals surface area contributed by atoms with Gasteiger partial charge in [0.2, 0.25) is 0 Å². The van der Waals surface area contributed by atoms with Crippen LogP contribution < -0.4 is 15.4 Å². The van der Waals surface area contributed by atoms with Crippen molar-refractivity contribution in [1.29, 1.82) is 0 Å². The Morgan fingerprint density at radius 2 is 1.88 bits per heavy atom. The first-order chi connectivity index (χ1) is 15.1. The SMILES string of the molecule is COc1ccc(CN=C(NCc2nnc(C)n2C)NC2CN(C(=O)OC(C)(C)C)C2)cc1.I. The van der Waals surface area contributed by atoms with Crippen LogP contribution >= 0.6 is 24.0 Å². The van der Waals surface area contributed by atoms with Gasteiger partial charge in [-0.05, 0) is 45.4 Å². The van der Waals surface area contributed by atoms with Crippen LogP contribution in [0.5, 0.6) is 5.75 Å². The summed E-state index contributed by atoms with van der Waals surface area (Å²) in [5.41, 5.74) is 0.557. The molecular weight excluding hydrogens is 537 g/mol. The van der Waals surface area contributed by atoms with Gasteiger partial charge in [0, 0.05) is 20.1 Å². The molecule has 10 nitrogen and oxygen atoms in total. The highest BCUT2D eigenvalue weighted by Gasteiger charge is 2.34. The Labute approximate surface area is 212 Å². The number of aromatic nitrogens is 3. The first-order valence-electron chi connectivity index (χ1n) is 10.6. The number of likely N-dealkylation sites (tertiary alicyclic amines) is 1. The number of methoxy groups -OCH3 is 1. The van der Waals surface area contributed by atoms with E-state index in [1.54, 1.807) is 12.0 Å². The topological polar surface area (TPSA) is 106 Å². The average Bonchev–Trinajstić information content (AvgIpc) is 3.02. The van der Waals surface area contributed by atoms with Crippen molar-refractivity contribution >= 4 is 36.0 Å². The van der Waals surface area contributed by atoms with Crippen LogP contribution in [0.1, 0.15) is 38.0 Å². The lowest BCUT2D eigenvalue weighted by atomic mass is 10.1. The first kappa shape index (κ1) is 26.7. The molecule has 1 aromatic heterocycles. The summed E-state index contributed by atoms with van der Waals surface area (Å²) in [5.74, 6) is 3.11. The lowest BCUT2D eigenvalue weighted by molar-refractivity contribution is 0.00700. The van der Waals surface area contributed by atoms with Gasteiger partial charge >= 0.3 is 6.09 Å². The second-order valence-electron chi connectivity index (χ2n) is 8.82. The zero-order valence-corrected chi connectivity index (χ0v) is 22.4. The second kappa shape index (κ2) is 11.5. The smallest absolute Gasteiger partial charge is 0.410 e. The molecule has 182 valence electrons. The number of carbonyl (C=O) groups is 1. The summed E-state index contributed by atoms with van der Waals surface area (Å²) in [4.78, 5) is 18.6. The molecule has 0 saturated carbocycles. The Kier molecular flexibility index (Phi) is 9.32. The van der Waals surface area contributed by atoms with Gasteiger partial charge in [0.1, 0.15) is 17.2 Å². The molecule has 0 radical (unpaired) electrons. The van der Waals surface area contributed by atoms with Gasteiger partial charge in [-0.15, -0.1) is 34.2 Å². The molecule has 0 aliphatic carbocycles. The van der Waals surface area contributed by atoms with Crippen LogP contribution in [0.4, 0.5) is 4.79 Å². The highest BCUT2D eigenvalue weighted by Crippen LogP contribution is 2.15. The normalized spacial score (nSPS) is 14.2. The number of aryl methyl sites for hydroxylation is 1. The van der Waals surface area contributed by atoms with Crippen LogP contribution in [0, 0.1) is 6.92 Å². The van der Waals surface area contributed by atoms with Crippen molar-refractivity contribution < 1.29 is 14.3 Å². The van der Waals surface area contributed by atoms with E-state index >= 15 is 0 Å². The minimum Gasteiger partial charge on any atom is -0.497 e. The number of guanidine groups is 1. The van der Waals surface area contributed by atoms with Gasteiger partial charge in [-0.2, -0.15) is 0 Å². The summed E-state index contributed by atoms with van der Waals surface area (Å²) in [6.45, 7) is 9.59. The standard InChI is InChI=1S/C22H33N7O3.HI/c1-15-26-27-19(28(15)5)12-24-20(23-11-16-7-9-18(31-6)10-8-16)25-17-13-29(14-17)21(30)32-22(2,3)4;/h7-10,17H,11-14H2,1-6H3,(H2,23,24,25);1H. The molecule has 11 heteroatoms. The van der Waals surface area contributed by atoms with Gasteiger partial charge < -0.3 is 29.6 Å². The van der Waals surface area contributed by atoms with E-state index in [2.05, 4.69) is 20.8 Å². The minimum atomic E-state index is -0.504. The van der Waals surface area contributed by atoms with Gasteiger partial charge in [-0.25, -0.2) is 9.79 Å². The Morgan fingerprint density at radius 3 is 2.42 bits per heavy atom. The predicted octanol–water partition coefficient (Wildman–Crippen LogP) is 2.60. The van der Waals surface area contributed by atoms with Crippen molar-refractivity contribution in [3.05, 3.63) is 41.5 Å². The maximum absolute atomic E-state index is 12.2. The number of nitrogens with one attached hydrogen (secondary N) is 2. The maximum Gasteiger partial charge on any atom is 0.410 e. The molecule has 1 aliphatic heterocycles. The average molecular weight is 571 g/mol. The quantitative estimate of drug-likeness (QED) is 0.312. The lowest BCUT2D eigenvalue weighted by Crippen LogP contribution is -2.63. The molecule has 0 bridgehead atoms. The van der Waals surface area contributed by atoms with Crippen molar-refractivity contribution in [3.63, 3.8) is 0 Å². The van der Waals surface area contributed by atoms with Crippen LogP contribution in [0.2, 0.25) is 0 Å². The minimum absolute atomic E-state index is 0. The molecule has 2 heterocycles. The number of aliphatic imine (C=N–C) groups is 1. The zero-order chi connectivity index (χ0) is 23.3. The molecule has 0 spiro atoms. The van der Waals surface area contributed by atoms with E-state index in [-0.39, 0.29) is 36.1 Å². The number of benzene rings is 1. The predicted molar refractivity (Wildman–Crippen MR) is 137 cm³/mol. The number of rotatable bonds is 6. The molecule has 1 amide bonds. The molecule has 1 saturated heterocycles. The van der Waals surface area contributed by atoms with E-state index in [4.69, 9.17) is 14.5 Å². The summed E-state index contributed by atoms with van der Waals surface area (Å²) in [5, 5.41) is 15.0. The Morgan fingerprint density at radius 1 is 1.21 bits per heavy atom. The molecule has 0 unspecified atom stereocenters. The Bertz CT molecular complexity index is 948. The van der Waals surface area contributed by atoms with Gasteiger partial charge in [0.15, 0.2) is 11.8 Å². The Balaban J connectivity index is 0.00000385. The third-order valence-corrected chi connectivity index (χ3v) is 5.05. The van der Waals surface area contributed by atoms with E-state index in [1.165, 1.54) is 0 Å². The Hall–Kier alpha value is -2.57. The molecule has 2 N–H and O–H groups in total. The fraction of sp³-hybridized carbons (Fsp3) is 0.545. The van der Waals surface area contributed by atoms with Crippen LogP contribution in [-0.2, 0) is 24.9 Å². The second-order valence-corrected chi connectivity index (χ2v) is 8.82. The number of nitrogens with zero attached hydrogens (tertiary/aromatic N) is 5. The molecule has 3 rings (SSSR count). The monoisotopic (exact) mass is 571 g/mol. The molecule has 1 aliphatic rings. The highest BCUT2D eigenvalue weighted by atomic mass is 127. The maximum atomic E-state index is 12.2. The molecule has 1 aromatic carbocycles. The number of amides is 1. The van der Waals surface area contributed by atoms with Crippen LogP contribution in [0.25, 0.3) is 0 Å². The van der Waals surface area contributed by atoms with Crippen molar-refractivity contribution in [2.75, 3.05) is 20.2 Å². The first-order valence-corrected chi connectivity index (χ1v) is 10.6. The van der Waals surface area contributed by atoms with Crippen molar-refractivity contribution in [3.8, 4) is 5.75 Å². The number of halogens is 1. The van der Waals surface area contributed by atoms with E-state index in [9.17, 15) is 4.79 Å². The van der Waals surface area contributed by atoms with Crippen molar-refractivity contribution in [2.45, 2.75) is 52.4 Å². The van der Waals surface area contributed by atoms with Gasteiger partial charge in [-0.1, -0.05) is 12.1 Å². The number of ether oxygens (including phenoxy) is 2. The molecule has 1 fully saturated rings. The molecule has 33 heavy (non-hydrogen) atoms. The number of hydrogen-bond acceptors (Lipinski definition) is 6. The van der Waals surface area contributed by atoms with Gasteiger partial charge in [-0.3, -0.25) is 0 Å². The summed E-state index contributed by atoms with van der Waals surface area (Å²) in [7, 11) is 3.57. The fourth-order valence-corrected chi connectivity index (χ4v) is 3.06. The summed E-state index contributed by atoms with van der Waals surface area (Å²) in [6, 6.07) is 7.89. The van der Waals surface area contributed by atoms with Crippen molar-refractivity contribution in [2.24, 2.45) is 12.0 Å². The summed E-state index contributed by atoms with van der Waals surface area (Å²) >= 11 is 0. The third kappa shape index (κ3) is 7.76. The molecular formula is C22H34IN7O3. The largest absolute Gasteiger partial charge is 0.497 e. The summed E-state index contributed by atoms with van der Waals surface area (Å²) in [6.07, 6.45) is -0.296. The van der Waals surface area contributed by atoms with Gasteiger partial charge in [0.25, 0.3) is 0 Å². The zero-order valence-electron chi connectivity index (χ0n) is 20.1. The van der Waals surface area contributed by atoms with Crippen LogP contribution in [0.15, 0.2) is 29.3 Å². The van der Waals surface area contributed by atoms with Crippen LogP contribution in [0.3, 0.4) is 0 Å². The van der Waals surface area contributed by atoms with E-state index in [0.717, 1.165) is 23.0 Å². The van der Waals surface area contributed by atoms with Crippen molar-refractivity contribution in [1.82, 2.24) is 30.3 Å². The number of carbonyl (C=O) groups excluding carboxylic acids is 1. The third-order valence-electron chi connectivity index (χ3n) is 5.05. The number of hydrogen-bond donors (Lipinski definition) is 2. The lowest BCUT2D eigenvalue weighted by Gasteiger charge is -2.40. The highest BCUT2D eigenvalue weighted by molar-refractivity contribution is 14.0. The van der Waals surface area contributed by atoms with Gasteiger partial charge in [0.05, 0.1) is 26.2 Å². The van der Waals surface area contributed by atoms with Crippen LogP contribution in [-0.4, -0.2) is 63.6 Å². The molecule has 2 aromatic rings. The molecule has 0 atom stereocenters. The van der Waals surface area contributed by atoms with E-state index < -0.39 is 5.60 Å². The van der Waals surface area contributed by atoms with E-state index in [1.807, 2.05) is 63.6 Å².